The molecule has 2 aromatic rings. The van der Waals surface area contributed by atoms with Crippen LogP contribution in [0.5, 0.6) is 11.5 Å². The van der Waals surface area contributed by atoms with Crippen LogP contribution in [-0.2, 0) is 24.2 Å². The number of methoxy groups -OCH3 is 1. The van der Waals surface area contributed by atoms with E-state index >= 15 is 0 Å². The van der Waals surface area contributed by atoms with Gasteiger partial charge in [0, 0.05) is 32.2 Å². The average molecular weight is 463 g/mol. The predicted octanol–water partition coefficient (Wildman–Crippen LogP) is 4.87. The van der Waals surface area contributed by atoms with Gasteiger partial charge in [-0.1, -0.05) is 37.6 Å². The van der Waals surface area contributed by atoms with Gasteiger partial charge < -0.3 is 14.8 Å². The molecule has 1 saturated heterocycles. The molecule has 4 rings (SSSR count). The Morgan fingerprint density at radius 2 is 1.94 bits per heavy atom. The minimum absolute atomic E-state index is 0.145. The van der Waals surface area contributed by atoms with Crippen molar-refractivity contribution < 1.29 is 14.3 Å². The molecular weight excluding hydrogens is 424 g/mol. The Labute approximate surface area is 204 Å². The van der Waals surface area contributed by atoms with Gasteiger partial charge in [-0.05, 0) is 72.6 Å². The van der Waals surface area contributed by atoms with Gasteiger partial charge in [0.15, 0.2) is 0 Å². The number of hydrogen-bond donors (Lipinski definition) is 1. The fourth-order valence-corrected chi connectivity index (χ4v) is 5.10. The SMILES string of the molecule is CNC(=O)C1CN(CC2=C(C)c3ccc(OCc4ccc(CC(C)C)cc4OC)cc3CC2)C1. The number of carbonyl (C=O) groups is 1. The zero-order valence-electron chi connectivity index (χ0n) is 21.2. The first kappa shape index (κ1) is 24.3. The Hall–Kier alpha value is -2.79. The Morgan fingerprint density at radius 1 is 1.15 bits per heavy atom. The van der Waals surface area contributed by atoms with Gasteiger partial charge in [-0.3, -0.25) is 9.69 Å². The molecule has 0 aromatic heterocycles. The highest BCUT2D eigenvalue weighted by atomic mass is 16.5. The van der Waals surface area contributed by atoms with Crippen LogP contribution in [0.4, 0.5) is 0 Å². The maximum Gasteiger partial charge on any atom is 0.225 e. The molecule has 0 radical (unpaired) electrons. The second-order valence-corrected chi connectivity index (χ2v) is 10.1. The van der Waals surface area contributed by atoms with Crippen molar-refractivity contribution in [3.05, 3.63) is 64.2 Å². The van der Waals surface area contributed by atoms with Gasteiger partial charge >= 0.3 is 0 Å². The van der Waals surface area contributed by atoms with Crippen LogP contribution in [0, 0.1) is 11.8 Å². The number of hydrogen-bond acceptors (Lipinski definition) is 4. The van der Waals surface area contributed by atoms with Crippen molar-refractivity contribution in [2.75, 3.05) is 33.8 Å². The largest absolute Gasteiger partial charge is 0.496 e. The minimum Gasteiger partial charge on any atom is -0.496 e. The molecule has 2 aromatic carbocycles. The summed E-state index contributed by atoms with van der Waals surface area (Å²) >= 11 is 0. The van der Waals surface area contributed by atoms with Crippen LogP contribution < -0.4 is 14.8 Å². The molecule has 5 heteroatoms. The number of ether oxygens (including phenoxy) is 2. The summed E-state index contributed by atoms with van der Waals surface area (Å²) in [6, 6.07) is 12.9. The third-order valence-corrected chi connectivity index (χ3v) is 7.09. The molecule has 34 heavy (non-hydrogen) atoms. The summed E-state index contributed by atoms with van der Waals surface area (Å²) in [5.74, 6) is 2.72. The summed E-state index contributed by atoms with van der Waals surface area (Å²) < 4.78 is 11.8. The molecule has 1 aliphatic heterocycles. The molecule has 182 valence electrons. The van der Waals surface area contributed by atoms with Crippen LogP contribution in [0.25, 0.3) is 5.57 Å². The first-order chi connectivity index (χ1) is 16.4. The third kappa shape index (κ3) is 5.47. The summed E-state index contributed by atoms with van der Waals surface area (Å²) in [6.07, 6.45) is 3.14. The summed E-state index contributed by atoms with van der Waals surface area (Å²) in [5.41, 5.74) is 7.90. The van der Waals surface area contributed by atoms with Gasteiger partial charge in [0.2, 0.25) is 5.91 Å². The quantitative estimate of drug-likeness (QED) is 0.578. The standard InChI is InChI=1S/C29H38N2O3/c1-19(2)12-21-6-7-24(28(13-21)33-5)18-34-26-10-11-27-20(3)23(9-8-22(27)14-26)15-31-16-25(17-31)29(32)30-4/h6-7,10-11,13-14,19,25H,8-9,12,15-18H2,1-5H3,(H,30,32). The third-order valence-electron chi connectivity index (χ3n) is 7.09. The Morgan fingerprint density at radius 3 is 2.65 bits per heavy atom. The zero-order valence-corrected chi connectivity index (χ0v) is 21.2. The smallest absolute Gasteiger partial charge is 0.225 e. The van der Waals surface area contributed by atoms with Crippen molar-refractivity contribution in [1.82, 2.24) is 10.2 Å². The second kappa shape index (κ2) is 10.6. The lowest BCUT2D eigenvalue weighted by molar-refractivity contribution is -0.129. The van der Waals surface area contributed by atoms with Crippen molar-refractivity contribution in [3.63, 3.8) is 0 Å². The van der Waals surface area contributed by atoms with E-state index in [1.54, 1.807) is 14.2 Å². The highest BCUT2D eigenvalue weighted by Gasteiger charge is 2.32. The number of fused-ring (bicyclic) bond motifs is 1. The number of carbonyl (C=O) groups excluding carboxylic acids is 1. The van der Waals surface area contributed by atoms with Gasteiger partial charge in [-0.2, -0.15) is 0 Å². The minimum atomic E-state index is 0.145. The lowest BCUT2D eigenvalue weighted by atomic mass is 9.85. The molecule has 2 aliphatic rings. The highest BCUT2D eigenvalue weighted by molar-refractivity contribution is 5.79. The van der Waals surface area contributed by atoms with Crippen molar-refractivity contribution in [2.45, 2.75) is 46.6 Å². The highest BCUT2D eigenvalue weighted by Crippen LogP contribution is 2.35. The number of amides is 1. The molecule has 0 spiro atoms. The first-order valence-corrected chi connectivity index (χ1v) is 12.4. The Bertz CT molecular complexity index is 1070. The molecule has 0 unspecified atom stereocenters. The molecular formula is C29H38N2O3. The van der Waals surface area contributed by atoms with Crippen LogP contribution in [0.3, 0.4) is 0 Å². The van der Waals surface area contributed by atoms with Gasteiger partial charge in [0.05, 0.1) is 13.0 Å². The van der Waals surface area contributed by atoms with E-state index in [0.29, 0.717) is 12.5 Å². The molecule has 1 heterocycles. The van der Waals surface area contributed by atoms with Crippen LogP contribution >= 0.6 is 0 Å². The van der Waals surface area contributed by atoms with E-state index < -0.39 is 0 Å². The Balaban J connectivity index is 1.39. The van der Waals surface area contributed by atoms with Crippen LogP contribution in [-0.4, -0.2) is 44.6 Å². The predicted molar refractivity (Wildman–Crippen MR) is 137 cm³/mol. The molecule has 1 N–H and O–H groups in total. The summed E-state index contributed by atoms with van der Waals surface area (Å²) in [5, 5.41) is 2.76. The summed E-state index contributed by atoms with van der Waals surface area (Å²) in [7, 11) is 3.44. The van der Waals surface area contributed by atoms with E-state index in [-0.39, 0.29) is 11.8 Å². The molecule has 0 atom stereocenters. The molecule has 1 fully saturated rings. The van der Waals surface area contributed by atoms with Gasteiger partial charge in [-0.15, -0.1) is 0 Å². The number of nitrogens with one attached hydrogen (secondary N) is 1. The zero-order chi connectivity index (χ0) is 24.2. The van der Waals surface area contributed by atoms with E-state index in [2.05, 4.69) is 67.4 Å². The monoisotopic (exact) mass is 462 g/mol. The van der Waals surface area contributed by atoms with Crippen molar-refractivity contribution >= 4 is 11.5 Å². The number of nitrogens with zero attached hydrogens (tertiary/aromatic N) is 1. The molecule has 5 nitrogen and oxygen atoms in total. The van der Waals surface area contributed by atoms with E-state index in [4.69, 9.17) is 9.47 Å². The fraction of sp³-hybridized carbons (Fsp3) is 0.483. The second-order valence-electron chi connectivity index (χ2n) is 10.1. The lowest BCUT2D eigenvalue weighted by Gasteiger charge is -2.39. The molecule has 1 amide bonds. The number of aryl methyl sites for hydroxylation is 1. The topological polar surface area (TPSA) is 50.8 Å². The molecule has 0 saturated carbocycles. The van der Waals surface area contributed by atoms with Gasteiger partial charge in [0.25, 0.3) is 0 Å². The van der Waals surface area contributed by atoms with Crippen LogP contribution in [0.1, 0.15) is 49.4 Å². The van der Waals surface area contributed by atoms with E-state index in [1.165, 1.54) is 27.8 Å². The number of rotatable bonds is 9. The summed E-state index contributed by atoms with van der Waals surface area (Å²) in [6.45, 7) is 9.86. The van der Waals surface area contributed by atoms with Gasteiger partial charge in [-0.25, -0.2) is 0 Å². The number of allylic oxidation sites excluding steroid dienone is 1. The van der Waals surface area contributed by atoms with Crippen LogP contribution in [0.2, 0.25) is 0 Å². The summed E-state index contributed by atoms with van der Waals surface area (Å²) in [4.78, 5) is 14.1. The van der Waals surface area contributed by atoms with Crippen molar-refractivity contribution in [1.29, 1.82) is 0 Å². The maximum absolute atomic E-state index is 11.8. The van der Waals surface area contributed by atoms with Crippen molar-refractivity contribution in [2.24, 2.45) is 11.8 Å². The van der Waals surface area contributed by atoms with E-state index in [9.17, 15) is 4.79 Å². The van der Waals surface area contributed by atoms with E-state index in [0.717, 1.165) is 56.0 Å². The fourth-order valence-electron chi connectivity index (χ4n) is 5.10. The van der Waals surface area contributed by atoms with Gasteiger partial charge in [0.1, 0.15) is 18.1 Å². The normalized spacial score (nSPS) is 16.3. The average Bonchev–Trinajstić information content (AvgIpc) is 2.80. The van der Waals surface area contributed by atoms with Crippen LogP contribution in [0.15, 0.2) is 42.0 Å². The van der Waals surface area contributed by atoms with E-state index in [1.807, 2.05) is 0 Å². The maximum atomic E-state index is 11.8. The van der Waals surface area contributed by atoms with Crippen molar-refractivity contribution in [3.8, 4) is 11.5 Å². The number of benzene rings is 2. The first-order valence-electron chi connectivity index (χ1n) is 12.4. The molecule has 0 bridgehead atoms. The molecule has 1 aliphatic carbocycles. The number of likely N-dealkylation sites (tertiary alicyclic amines) is 1. The lowest BCUT2D eigenvalue weighted by Crippen LogP contribution is -2.53. The Kier molecular flexibility index (Phi) is 7.62.